The van der Waals surface area contributed by atoms with Crippen LogP contribution in [0.5, 0.6) is 0 Å². The topological polar surface area (TPSA) is 17.1 Å². The molecule has 1 unspecified atom stereocenters. The fraction of sp³-hybridized carbons (Fsp3) is 0.500. The molecule has 1 aliphatic carbocycles. The number of rotatable bonds is 0. The van der Waals surface area contributed by atoms with Crippen LogP contribution in [0.25, 0.3) is 0 Å². The Labute approximate surface area is 80.3 Å². The summed E-state index contributed by atoms with van der Waals surface area (Å²) in [5, 5.41) is 0. The Morgan fingerprint density at radius 1 is 1.29 bits per heavy atom. The summed E-state index contributed by atoms with van der Waals surface area (Å²) < 4.78 is 37.9. The molecular weight excluding hydrogens is 193 g/mol. The van der Waals surface area contributed by atoms with E-state index in [1.807, 2.05) is 0 Å². The van der Waals surface area contributed by atoms with Crippen LogP contribution in [0.4, 0.5) is 13.2 Å². The minimum atomic E-state index is -4.53. The molecule has 4 heteroatoms. The number of halogens is 3. The number of Topliss-reactive ketones (excluding diaryl/α,β-unsaturated/α-hetero) is 1. The third kappa shape index (κ3) is 1.49. The summed E-state index contributed by atoms with van der Waals surface area (Å²) >= 11 is 0. The van der Waals surface area contributed by atoms with E-state index < -0.39 is 17.4 Å². The van der Waals surface area contributed by atoms with Gasteiger partial charge in [0.15, 0.2) is 5.78 Å². The second-order valence-electron chi connectivity index (χ2n) is 3.74. The van der Waals surface area contributed by atoms with Gasteiger partial charge in [-0.15, -0.1) is 0 Å². The van der Waals surface area contributed by atoms with Gasteiger partial charge in [-0.1, -0.05) is 17.7 Å². The Kier molecular flexibility index (Phi) is 2.34. The standard InChI is InChI=1S/C10H11F3O/c1-6-4-7(2)8(14)9(3,5-6)10(11,12)13/h4-5H,1-3H3. The summed E-state index contributed by atoms with van der Waals surface area (Å²) in [4.78, 5) is 11.4. The molecule has 1 rings (SSSR count). The number of carbonyl (C=O) groups excluding carboxylic acids is 1. The molecule has 78 valence electrons. The van der Waals surface area contributed by atoms with Crippen LogP contribution in [-0.2, 0) is 4.79 Å². The summed E-state index contributed by atoms with van der Waals surface area (Å²) in [5.41, 5.74) is -1.72. The fourth-order valence-corrected chi connectivity index (χ4v) is 1.59. The van der Waals surface area contributed by atoms with Crippen molar-refractivity contribution in [1.82, 2.24) is 0 Å². The Balaban J connectivity index is 3.27. The van der Waals surface area contributed by atoms with Gasteiger partial charge in [0.05, 0.1) is 0 Å². The van der Waals surface area contributed by atoms with Gasteiger partial charge < -0.3 is 0 Å². The summed E-state index contributed by atoms with van der Waals surface area (Å²) in [5.74, 6) is -0.865. The van der Waals surface area contributed by atoms with E-state index in [0.29, 0.717) is 5.57 Å². The number of ketones is 1. The first-order valence-corrected chi connectivity index (χ1v) is 4.18. The van der Waals surface area contributed by atoms with Crippen LogP contribution in [0.1, 0.15) is 20.8 Å². The summed E-state index contributed by atoms with van der Waals surface area (Å²) in [6.07, 6.45) is -2.08. The highest BCUT2D eigenvalue weighted by atomic mass is 19.4. The normalized spacial score (nSPS) is 28.6. The number of hydrogen-bond acceptors (Lipinski definition) is 1. The first-order chi connectivity index (χ1) is 6.18. The van der Waals surface area contributed by atoms with Crippen molar-refractivity contribution in [2.75, 3.05) is 0 Å². The van der Waals surface area contributed by atoms with E-state index in [1.165, 1.54) is 13.0 Å². The smallest absolute Gasteiger partial charge is 0.293 e. The molecule has 0 saturated carbocycles. The van der Waals surface area contributed by atoms with E-state index in [-0.39, 0.29) is 5.57 Å². The van der Waals surface area contributed by atoms with Gasteiger partial charge in [0.25, 0.3) is 0 Å². The predicted molar refractivity (Wildman–Crippen MR) is 46.7 cm³/mol. The van der Waals surface area contributed by atoms with E-state index in [2.05, 4.69) is 0 Å². The van der Waals surface area contributed by atoms with Crippen LogP contribution in [0.2, 0.25) is 0 Å². The van der Waals surface area contributed by atoms with Crippen LogP contribution in [-0.4, -0.2) is 12.0 Å². The van der Waals surface area contributed by atoms with Gasteiger partial charge >= 0.3 is 6.18 Å². The van der Waals surface area contributed by atoms with Gasteiger partial charge in [0.2, 0.25) is 0 Å². The van der Waals surface area contributed by atoms with Crippen LogP contribution in [0.3, 0.4) is 0 Å². The molecule has 1 aliphatic rings. The second-order valence-corrected chi connectivity index (χ2v) is 3.74. The van der Waals surface area contributed by atoms with Gasteiger partial charge in [-0.05, 0) is 26.3 Å². The first-order valence-electron chi connectivity index (χ1n) is 4.18. The van der Waals surface area contributed by atoms with Gasteiger partial charge in [0, 0.05) is 0 Å². The zero-order valence-electron chi connectivity index (χ0n) is 8.20. The van der Waals surface area contributed by atoms with Gasteiger partial charge in [0.1, 0.15) is 5.41 Å². The van der Waals surface area contributed by atoms with Gasteiger partial charge in [-0.3, -0.25) is 4.79 Å². The molecular formula is C10H11F3O. The average molecular weight is 204 g/mol. The molecule has 0 bridgehead atoms. The van der Waals surface area contributed by atoms with Gasteiger partial charge in [-0.25, -0.2) is 0 Å². The first kappa shape index (κ1) is 11.0. The van der Waals surface area contributed by atoms with Gasteiger partial charge in [-0.2, -0.15) is 13.2 Å². The van der Waals surface area contributed by atoms with Crippen molar-refractivity contribution in [3.63, 3.8) is 0 Å². The molecule has 0 aromatic rings. The largest absolute Gasteiger partial charge is 0.404 e. The fourth-order valence-electron chi connectivity index (χ4n) is 1.59. The molecule has 0 aromatic carbocycles. The Morgan fingerprint density at radius 2 is 1.79 bits per heavy atom. The van der Waals surface area contributed by atoms with E-state index in [9.17, 15) is 18.0 Å². The van der Waals surface area contributed by atoms with Crippen molar-refractivity contribution in [1.29, 1.82) is 0 Å². The highest BCUT2D eigenvalue weighted by Gasteiger charge is 2.55. The highest BCUT2D eigenvalue weighted by molar-refractivity contribution is 6.02. The predicted octanol–water partition coefficient (Wildman–Crippen LogP) is 3.03. The maximum atomic E-state index is 12.6. The maximum absolute atomic E-state index is 12.6. The quantitative estimate of drug-likeness (QED) is 0.592. The van der Waals surface area contributed by atoms with E-state index in [1.54, 1.807) is 6.92 Å². The van der Waals surface area contributed by atoms with Crippen molar-refractivity contribution >= 4 is 5.78 Å². The molecule has 0 spiro atoms. The molecule has 1 atom stereocenters. The molecule has 1 nitrogen and oxygen atoms in total. The number of allylic oxidation sites excluding steroid dienone is 4. The van der Waals surface area contributed by atoms with E-state index in [0.717, 1.165) is 13.0 Å². The number of hydrogen-bond donors (Lipinski definition) is 0. The van der Waals surface area contributed by atoms with Crippen molar-refractivity contribution in [3.05, 3.63) is 23.3 Å². The third-order valence-corrected chi connectivity index (χ3v) is 2.38. The molecule has 14 heavy (non-hydrogen) atoms. The summed E-state index contributed by atoms with van der Waals surface area (Å²) in [6.45, 7) is 3.87. The molecule has 0 saturated heterocycles. The Bertz CT molecular complexity index is 336. The molecule has 0 fully saturated rings. The lowest BCUT2D eigenvalue weighted by Crippen LogP contribution is -2.42. The molecule has 0 aromatic heterocycles. The second kappa shape index (κ2) is 2.97. The maximum Gasteiger partial charge on any atom is 0.404 e. The molecule has 0 heterocycles. The van der Waals surface area contributed by atoms with Crippen molar-refractivity contribution in [3.8, 4) is 0 Å². The molecule has 0 N–H and O–H groups in total. The zero-order valence-corrected chi connectivity index (χ0v) is 8.20. The van der Waals surface area contributed by atoms with Crippen LogP contribution in [0, 0.1) is 5.41 Å². The Hall–Kier alpha value is -1.06. The van der Waals surface area contributed by atoms with Crippen LogP contribution in [0.15, 0.2) is 23.3 Å². The minimum Gasteiger partial charge on any atom is -0.293 e. The van der Waals surface area contributed by atoms with Crippen molar-refractivity contribution in [2.24, 2.45) is 5.41 Å². The number of carbonyl (C=O) groups is 1. The van der Waals surface area contributed by atoms with Crippen molar-refractivity contribution < 1.29 is 18.0 Å². The Morgan fingerprint density at radius 3 is 2.21 bits per heavy atom. The monoisotopic (exact) mass is 204 g/mol. The highest BCUT2D eigenvalue weighted by Crippen LogP contribution is 2.44. The van der Waals surface area contributed by atoms with E-state index >= 15 is 0 Å². The lowest BCUT2D eigenvalue weighted by Gasteiger charge is -2.30. The molecule has 0 aliphatic heterocycles. The summed E-state index contributed by atoms with van der Waals surface area (Å²) in [7, 11) is 0. The summed E-state index contributed by atoms with van der Waals surface area (Å²) in [6, 6.07) is 0. The van der Waals surface area contributed by atoms with E-state index in [4.69, 9.17) is 0 Å². The lowest BCUT2D eigenvalue weighted by atomic mass is 9.76. The molecule has 0 radical (unpaired) electrons. The zero-order chi connectivity index (χ0) is 11.1. The minimum absolute atomic E-state index is 0.157. The SMILES string of the molecule is CC1=CC(C)(C(F)(F)F)C(=O)C(C)=C1. The lowest BCUT2D eigenvalue weighted by molar-refractivity contribution is -0.199. The number of alkyl halides is 3. The van der Waals surface area contributed by atoms with Crippen LogP contribution >= 0.6 is 0 Å². The average Bonchev–Trinajstić information content (AvgIpc) is 1.97. The third-order valence-electron chi connectivity index (χ3n) is 2.38. The van der Waals surface area contributed by atoms with Crippen LogP contribution < -0.4 is 0 Å². The van der Waals surface area contributed by atoms with Crippen molar-refractivity contribution in [2.45, 2.75) is 26.9 Å². The molecule has 0 amide bonds.